The predicted octanol–water partition coefficient (Wildman–Crippen LogP) is 5.17. The molecule has 176 valence electrons. The van der Waals surface area contributed by atoms with E-state index in [-0.39, 0.29) is 5.75 Å². The maximum Gasteiger partial charge on any atom is 0.337 e. The van der Waals surface area contributed by atoms with Crippen LogP contribution in [0.3, 0.4) is 0 Å². The normalized spacial score (nSPS) is 11.5. The summed E-state index contributed by atoms with van der Waals surface area (Å²) in [5.74, 6) is 0.270. The zero-order chi connectivity index (χ0) is 23.7. The van der Waals surface area contributed by atoms with Gasteiger partial charge in [0.05, 0.1) is 23.3 Å². The lowest BCUT2D eigenvalue weighted by atomic mass is 10.1. The number of benzene rings is 2. The Balaban J connectivity index is 1.60. The molecule has 3 rings (SSSR count). The van der Waals surface area contributed by atoms with Gasteiger partial charge in [-0.15, -0.1) is 0 Å². The van der Waals surface area contributed by atoms with Crippen LogP contribution < -0.4 is 0 Å². The predicted molar refractivity (Wildman–Crippen MR) is 126 cm³/mol. The molecule has 33 heavy (non-hydrogen) atoms. The Morgan fingerprint density at radius 2 is 1.52 bits per heavy atom. The molecule has 0 unspecified atom stereocenters. The number of ether oxygens (including phenoxy) is 2. The van der Waals surface area contributed by atoms with E-state index in [4.69, 9.17) is 14.0 Å². The first-order chi connectivity index (χ1) is 15.9. The number of hydrogen-bond donors (Lipinski definition) is 0. The summed E-state index contributed by atoms with van der Waals surface area (Å²) < 4.78 is 40.4. The Labute approximate surface area is 194 Å². The number of unbranched alkanes of at least 4 members (excludes halogenated alkanes) is 4. The molecule has 0 aliphatic rings. The molecule has 0 fully saturated rings. The molecule has 0 aliphatic heterocycles. The van der Waals surface area contributed by atoms with Crippen LogP contribution >= 0.6 is 0 Å². The number of hydrogen-bond acceptors (Lipinski definition) is 7. The number of rotatable bonds is 12. The van der Waals surface area contributed by atoms with Gasteiger partial charge in [0.1, 0.15) is 5.69 Å². The molecule has 1 heterocycles. The van der Waals surface area contributed by atoms with Crippen molar-refractivity contribution in [1.82, 2.24) is 5.16 Å². The van der Waals surface area contributed by atoms with E-state index in [0.717, 1.165) is 43.4 Å². The first-order valence-electron chi connectivity index (χ1n) is 10.9. The summed E-state index contributed by atoms with van der Waals surface area (Å²) in [6.45, 7) is 0.749. The maximum atomic E-state index is 12.6. The van der Waals surface area contributed by atoms with Gasteiger partial charge in [-0.1, -0.05) is 36.6 Å². The van der Waals surface area contributed by atoms with Crippen molar-refractivity contribution < 1.29 is 27.2 Å². The summed E-state index contributed by atoms with van der Waals surface area (Å²) in [5.41, 5.74) is 2.59. The van der Waals surface area contributed by atoms with Gasteiger partial charge in [0, 0.05) is 30.9 Å². The zero-order valence-corrected chi connectivity index (χ0v) is 19.8. The minimum atomic E-state index is -3.32. The number of esters is 1. The lowest BCUT2D eigenvalue weighted by Crippen LogP contribution is -2.06. The number of sulfone groups is 1. The summed E-state index contributed by atoms with van der Waals surface area (Å²) in [6, 6.07) is 15.3. The van der Waals surface area contributed by atoms with Crippen molar-refractivity contribution in [3.63, 3.8) is 0 Å². The molecule has 0 spiro atoms. The van der Waals surface area contributed by atoms with Crippen molar-refractivity contribution in [3.8, 4) is 22.6 Å². The van der Waals surface area contributed by atoms with Crippen molar-refractivity contribution in [2.75, 3.05) is 26.6 Å². The molecule has 1 aromatic heterocycles. The van der Waals surface area contributed by atoms with Gasteiger partial charge in [-0.25, -0.2) is 13.2 Å². The fraction of sp³-hybridized carbons (Fsp3) is 0.360. The highest BCUT2D eigenvalue weighted by Gasteiger charge is 2.15. The second-order valence-corrected chi connectivity index (χ2v) is 9.86. The van der Waals surface area contributed by atoms with Gasteiger partial charge in [0.2, 0.25) is 0 Å². The maximum absolute atomic E-state index is 12.6. The topological polar surface area (TPSA) is 95.7 Å². The van der Waals surface area contributed by atoms with E-state index in [9.17, 15) is 13.2 Å². The number of carbonyl (C=O) groups excluding carboxylic acids is 1. The number of carbonyl (C=O) groups is 1. The first-order valence-corrected chi connectivity index (χ1v) is 12.6. The Bertz CT molecular complexity index is 1130. The van der Waals surface area contributed by atoms with Crippen LogP contribution in [0.4, 0.5) is 0 Å². The second-order valence-electron chi connectivity index (χ2n) is 7.75. The van der Waals surface area contributed by atoms with Gasteiger partial charge in [-0.05, 0) is 49.2 Å². The molecular weight excluding hydrogens is 442 g/mol. The molecule has 8 heteroatoms. The van der Waals surface area contributed by atoms with Crippen LogP contribution in [0, 0.1) is 0 Å². The van der Waals surface area contributed by atoms with E-state index in [1.807, 2.05) is 0 Å². The van der Waals surface area contributed by atoms with Gasteiger partial charge < -0.3 is 14.0 Å². The smallest absolute Gasteiger partial charge is 0.337 e. The Kier molecular flexibility index (Phi) is 8.79. The number of nitrogens with zero attached hydrogens (tertiary/aromatic N) is 1. The summed E-state index contributed by atoms with van der Waals surface area (Å²) >= 11 is 0. The highest BCUT2D eigenvalue weighted by Crippen LogP contribution is 2.27. The minimum absolute atomic E-state index is 0.144. The lowest BCUT2D eigenvalue weighted by Gasteiger charge is -2.05. The largest absolute Gasteiger partial charge is 0.465 e. The van der Waals surface area contributed by atoms with Gasteiger partial charge >= 0.3 is 5.97 Å². The summed E-state index contributed by atoms with van der Waals surface area (Å²) in [4.78, 5) is 11.9. The Hall–Kier alpha value is -2.97. The molecule has 0 radical (unpaired) electrons. The fourth-order valence-electron chi connectivity index (χ4n) is 3.46. The van der Waals surface area contributed by atoms with Crippen molar-refractivity contribution >= 4 is 15.8 Å². The first kappa shape index (κ1) is 24.7. The Morgan fingerprint density at radius 1 is 0.879 bits per heavy atom. The molecule has 0 saturated carbocycles. The summed E-state index contributed by atoms with van der Waals surface area (Å²) in [5, 5.41) is 4.09. The van der Waals surface area contributed by atoms with Crippen LogP contribution in [0.1, 0.15) is 42.5 Å². The van der Waals surface area contributed by atoms with Gasteiger partial charge in [-0.2, -0.15) is 0 Å². The summed E-state index contributed by atoms with van der Waals surface area (Å²) in [7, 11) is -0.295. The third-order valence-corrected chi connectivity index (χ3v) is 7.19. The van der Waals surface area contributed by atoms with Crippen LogP contribution in [0.5, 0.6) is 0 Å². The van der Waals surface area contributed by atoms with Crippen LogP contribution in [0.2, 0.25) is 0 Å². The average molecular weight is 472 g/mol. The second kappa shape index (κ2) is 11.8. The fourth-order valence-corrected chi connectivity index (χ4v) is 4.83. The molecule has 0 atom stereocenters. The molecular formula is C25H29NO6S. The van der Waals surface area contributed by atoms with Gasteiger partial charge in [0.25, 0.3) is 0 Å². The van der Waals surface area contributed by atoms with Crippen LogP contribution in [-0.2, 0) is 19.3 Å². The van der Waals surface area contributed by atoms with Crippen LogP contribution in [0.25, 0.3) is 22.6 Å². The minimum Gasteiger partial charge on any atom is -0.465 e. The zero-order valence-electron chi connectivity index (χ0n) is 19.0. The molecule has 0 saturated heterocycles. The van der Waals surface area contributed by atoms with Crippen molar-refractivity contribution in [3.05, 3.63) is 60.2 Å². The molecule has 2 aromatic carbocycles. The molecule has 0 aliphatic carbocycles. The van der Waals surface area contributed by atoms with Crippen LogP contribution in [0.15, 0.2) is 64.0 Å². The van der Waals surface area contributed by atoms with Gasteiger partial charge in [-0.3, -0.25) is 0 Å². The van der Waals surface area contributed by atoms with E-state index < -0.39 is 15.8 Å². The number of methoxy groups -OCH3 is 2. The highest BCUT2D eigenvalue weighted by atomic mass is 32.2. The standard InChI is InChI=1S/C25H29NO6S/c1-30-16-6-4-3-5-7-17-33(28,29)22-14-12-20(13-15-22)24-18-23(26-32-24)19-8-10-21(11-9-19)25(27)31-2/h8-15,18H,3-7,16-17H2,1-2H3. The highest BCUT2D eigenvalue weighted by molar-refractivity contribution is 7.91. The van der Waals surface area contributed by atoms with E-state index in [0.29, 0.717) is 28.3 Å². The molecule has 3 aromatic rings. The third-order valence-electron chi connectivity index (χ3n) is 5.37. The number of aromatic nitrogens is 1. The van der Waals surface area contributed by atoms with Crippen molar-refractivity contribution in [2.24, 2.45) is 0 Å². The van der Waals surface area contributed by atoms with Crippen LogP contribution in [-0.4, -0.2) is 46.1 Å². The quantitative estimate of drug-likeness (QED) is 0.266. The SMILES string of the molecule is COCCCCCCCS(=O)(=O)c1ccc(-c2cc(-c3ccc(C(=O)OC)cc3)no2)cc1. The lowest BCUT2D eigenvalue weighted by molar-refractivity contribution is 0.0600. The molecule has 7 nitrogen and oxygen atoms in total. The van der Waals surface area contributed by atoms with E-state index >= 15 is 0 Å². The molecule has 0 bridgehead atoms. The summed E-state index contributed by atoms with van der Waals surface area (Å²) in [6.07, 6.45) is 4.61. The Morgan fingerprint density at radius 3 is 2.18 bits per heavy atom. The van der Waals surface area contributed by atoms with Gasteiger partial charge in [0.15, 0.2) is 15.6 Å². The third kappa shape index (κ3) is 6.76. The average Bonchev–Trinajstić information content (AvgIpc) is 3.33. The van der Waals surface area contributed by atoms with Crippen molar-refractivity contribution in [1.29, 1.82) is 0 Å². The monoisotopic (exact) mass is 471 g/mol. The van der Waals surface area contributed by atoms with Crippen molar-refractivity contribution in [2.45, 2.75) is 37.0 Å². The van der Waals surface area contributed by atoms with E-state index in [1.165, 1.54) is 7.11 Å². The molecule has 0 amide bonds. The van der Waals surface area contributed by atoms with E-state index in [1.54, 1.807) is 61.7 Å². The van der Waals surface area contributed by atoms with E-state index in [2.05, 4.69) is 5.16 Å². The molecule has 0 N–H and O–H groups in total.